The maximum Gasteiger partial charge on any atom is 0.212 e. The Balaban J connectivity index is 2.14. The topological polar surface area (TPSA) is 62.9 Å². The van der Waals surface area contributed by atoms with Gasteiger partial charge in [-0.05, 0) is 24.3 Å². The standard InChI is InChI=1S/C14H17N5/c1-18(13-7-4-9-16-13)14-17-11-5-2-3-6-12(11)19(14)10-8-15/h2-7,9,16H,8,10,15H2,1H3. The molecule has 3 rings (SSSR count). The van der Waals surface area contributed by atoms with Crippen LogP contribution in [0, 0.1) is 0 Å². The minimum atomic E-state index is 0.589. The molecule has 0 aliphatic carbocycles. The molecule has 0 atom stereocenters. The highest BCUT2D eigenvalue weighted by molar-refractivity contribution is 5.79. The van der Waals surface area contributed by atoms with E-state index in [2.05, 4.69) is 15.6 Å². The van der Waals surface area contributed by atoms with Crippen LogP contribution < -0.4 is 10.6 Å². The van der Waals surface area contributed by atoms with E-state index in [0.29, 0.717) is 6.54 Å². The van der Waals surface area contributed by atoms with Crippen molar-refractivity contribution in [2.24, 2.45) is 5.73 Å². The molecule has 0 saturated heterocycles. The number of nitrogens with one attached hydrogen (secondary N) is 1. The molecule has 0 fully saturated rings. The molecule has 0 radical (unpaired) electrons. The van der Waals surface area contributed by atoms with Crippen LogP contribution in [-0.4, -0.2) is 28.1 Å². The molecular weight excluding hydrogens is 238 g/mol. The number of benzene rings is 1. The van der Waals surface area contributed by atoms with Crippen molar-refractivity contribution in [1.82, 2.24) is 14.5 Å². The van der Waals surface area contributed by atoms with E-state index < -0.39 is 0 Å². The summed E-state index contributed by atoms with van der Waals surface area (Å²) in [6.07, 6.45) is 1.90. The molecule has 0 spiro atoms. The van der Waals surface area contributed by atoms with E-state index in [1.165, 1.54) is 0 Å². The summed E-state index contributed by atoms with van der Waals surface area (Å²) in [6, 6.07) is 12.1. The first-order valence-electron chi connectivity index (χ1n) is 6.33. The minimum absolute atomic E-state index is 0.589. The molecule has 5 heteroatoms. The monoisotopic (exact) mass is 255 g/mol. The van der Waals surface area contributed by atoms with E-state index in [9.17, 15) is 0 Å². The fourth-order valence-corrected chi connectivity index (χ4v) is 2.31. The van der Waals surface area contributed by atoms with Crippen molar-refractivity contribution in [2.45, 2.75) is 6.54 Å². The summed E-state index contributed by atoms with van der Waals surface area (Å²) < 4.78 is 2.15. The number of rotatable bonds is 4. The summed E-state index contributed by atoms with van der Waals surface area (Å²) in [5, 5.41) is 0. The molecule has 98 valence electrons. The first-order valence-corrected chi connectivity index (χ1v) is 6.33. The van der Waals surface area contributed by atoms with Gasteiger partial charge in [-0.15, -0.1) is 0 Å². The quantitative estimate of drug-likeness (QED) is 0.750. The highest BCUT2D eigenvalue weighted by Gasteiger charge is 2.15. The van der Waals surface area contributed by atoms with Gasteiger partial charge in [0.05, 0.1) is 11.0 Å². The van der Waals surface area contributed by atoms with Gasteiger partial charge in [-0.3, -0.25) is 0 Å². The fourth-order valence-electron chi connectivity index (χ4n) is 2.31. The SMILES string of the molecule is CN(c1ccc[nH]1)c1nc2ccccc2n1CCN. The molecule has 0 unspecified atom stereocenters. The summed E-state index contributed by atoms with van der Waals surface area (Å²) in [5.74, 6) is 1.91. The number of nitrogens with zero attached hydrogens (tertiary/aromatic N) is 3. The predicted molar refractivity (Wildman–Crippen MR) is 77.6 cm³/mol. The van der Waals surface area contributed by atoms with E-state index >= 15 is 0 Å². The second-order valence-corrected chi connectivity index (χ2v) is 4.46. The Morgan fingerprint density at radius 3 is 2.84 bits per heavy atom. The summed E-state index contributed by atoms with van der Waals surface area (Å²) in [4.78, 5) is 9.93. The maximum atomic E-state index is 5.72. The molecule has 0 aliphatic rings. The van der Waals surface area contributed by atoms with Crippen LogP contribution in [0.15, 0.2) is 42.6 Å². The van der Waals surface area contributed by atoms with Gasteiger partial charge < -0.3 is 20.2 Å². The highest BCUT2D eigenvalue weighted by Crippen LogP contribution is 2.25. The number of hydrogen-bond acceptors (Lipinski definition) is 3. The molecule has 0 aliphatic heterocycles. The summed E-state index contributed by atoms with van der Waals surface area (Å²) in [5.41, 5.74) is 7.83. The molecule has 0 amide bonds. The van der Waals surface area contributed by atoms with Crippen LogP contribution in [0.25, 0.3) is 11.0 Å². The Kier molecular flexibility index (Phi) is 2.97. The largest absolute Gasteiger partial charge is 0.348 e. The highest BCUT2D eigenvalue weighted by atomic mass is 15.3. The number of nitrogens with two attached hydrogens (primary N) is 1. The van der Waals surface area contributed by atoms with E-state index in [0.717, 1.165) is 29.3 Å². The Morgan fingerprint density at radius 2 is 2.11 bits per heavy atom. The molecule has 1 aromatic carbocycles. The zero-order valence-corrected chi connectivity index (χ0v) is 10.9. The molecule has 2 heterocycles. The second-order valence-electron chi connectivity index (χ2n) is 4.46. The molecule has 5 nitrogen and oxygen atoms in total. The molecule has 3 aromatic rings. The maximum absolute atomic E-state index is 5.72. The average molecular weight is 255 g/mol. The lowest BCUT2D eigenvalue weighted by Gasteiger charge is -2.18. The van der Waals surface area contributed by atoms with Gasteiger partial charge in [-0.25, -0.2) is 4.98 Å². The Hall–Kier alpha value is -2.27. The lowest BCUT2D eigenvalue weighted by atomic mass is 10.3. The fraction of sp³-hybridized carbons (Fsp3) is 0.214. The van der Waals surface area contributed by atoms with Crippen molar-refractivity contribution in [3.8, 4) is 0 Å². The van der Waals surface area contributed by atoms with Crippen molar-refractivity contribution in [2.75, 3.05) is 18.5 Å². The van der Waals surface area contributed by atoms with Gasteiger partial charge in [0.25, 0.3) is 0 Å². The zero-order chi connectivity index (χ0) is 13.2. The van der Waals surface area contributed by atoms with Crippen LogP contribution in [0.3, 0.4) is 0 Å². The Morgan fingerprint density at radius 1 is 1.26 bits per heavy atom. The molecule has 19 heavy (non-hydrogen) atoms. The van der Waals surface area contributed by atoms with Crippen LogP contribution in [0.2, 0.25) is 0 Å². The summed E-state index contributed by atoms with van der Waals surface area (Å²) >= 11 is 0. The Labute approximate surface area is 111 Å². The second kappa shape index (κ2) is 4.78. The molecule has 0 bridgehead atoms. The van der Waals surface area contributed by atoms with Crippen molar-refractivity contribution < 1.29 is 0 Å². The minimum Gasteiger partial charge on any atom is -0.348 e. The third-order valence-corrected chi connectivity index (χ3v) is 3.23. The number of imidazole rings is 1. The van der Waals surface area contributed by atoms with E-state index in [4.69, 9.17) is 10.7 Å². The van der Waals surface area contributed by atoms with Crippen LogP contribution in [0.5, 0.6) is 0 Å². The third kappa shape index (κ3) is 1.98. The van der Waals surface area contributed by atoms with E-state index in [1.807, 2.05) is 48.5 Å². The van der Waals surface area contributed by atoms with Crippen molar-refractivity contribution in [3.63, 3.8) is 0 Å². The van der Waals surface area contributed by atoms with E-state index in [1.54, 1.807) is 0 Å². The number of aromatic amines is 1. The van der Waals surface area contributed by atoms with Crippen LogP contribution >= 0.6 is 0 Å². The average Bonchev–Trinajstić information content (AvgIpc) is 3.06. The first-order chi connectivity index (χ1) is 9.31. The van der Waals surface area contributed by atoms with Gasteiger partial charge in [0.2, 0.25) is 5.95 Å². The normalized spacial score (nSPS) is 11.1. The Bertz CT molecular complexity index is 668. The smallest absolute Gasteiger partial charge is 0.212 e. The lowest BCUT2D eigenvalue weighted by molar-refractivity contribution is 0.722. The van der Waals surface area contributed by atoms with Crippen molar-refractivity contribution in [1.29, 1.82) is 0 Å². The van der Waals surface area contributed by atoms with Crippen molar-refractivity contribution >= 4 is 22.8 Å². The van der Waals surface area contributed by atoms with Crippen LogP contribution in [-0.2, 0) is 6.54 Å². The van der Waals surface area contributed by atoms with Crippen molar-refractivity contribution in [3.05, 3.63) is 42.6 Å². The number of para-hydroxylation sites is 2. The predicted octanol–water partition coefficient (Wildman–Crippen LogP) is 2.09. The number of fused-ring (bicyclic) bond motifs is 1. The first kappa shape index (κ1) is 11.8. The number of hydrogen-bond donors (Lipinski definition) is 2. The van der Waals surface area contributed by atoms with Gasteiger partial charge in [-0.2, -0.15) is 0 Å². The van der Waals surface area contributed by atoms with Gasteiger partial charge >= 0.3 is 0 Å². The summed E-state index contributed by atoms with van der Waals surface area (Å²) in [6.45, 7) is 1.34. The zero-order valence-electron chi connectivity index (χ0n) is 10.9. The van der Waals surface area contributed by atoms with E-state index in [-0.39, 0.29) is 0 Å². The van der Waals surface area contributed by atoms with Gasteiger partial charge in [-0.1, -0.05) is 12.1 Å². The molecule has 3 N–H and O–H groups in total. The molecular formula is C14H17N5. The number of H-pyrrole nitrogens is 1. The molecule has 2 aromatic heterocycles. The van der Waals surface area contributed by atoms with Gasteiger partial charge in [0.1, 0.15) is 5.82 Å². The van der Waals surface area contributed by atoms with Gasteiger partial charge in [0, 0.05) is 26.3 Å². The number of aromatic nitrogens is 3. The third-order valence-electron chi connectivity index (χ3n) is 3.23. The summed E-state index contributed by atoms with van der Waals surface area (Å²) in [7, 11) is 2.00. The lowest BCUT2D eigenvalue weighted by Crippen LogP contribution is -2.18. The molecule has 0 saturated carbocycles. The van der Waals surface area contributed by atoms with Crippen LogP contribution in [0.1, 0.15) is 0 Å². The van der Waals surface area contributed by atoms with Gasteiger partial charge in [0.15, 0.2) is 0 Å². The number of anilines is 2. The van der Waals surface area contributed by atoms with Crippen LogP contribution in [0.4, 0.5) is 11.8 Å².